The Morgan fingerprint density at radius 3 is 1.50 bits per heavy atom. The van der Waals surface area contributed by atoms with Gasteiger partial charge in [-0.05, 0) is 40.5 Å². The molecule has 5 nitrogen and oxygen atoms in total. The van der Waals surface area contributed by atoms with Crippen LogP contribution in [0.4, 0.5) is 0 Å². The molecule has 6 heteroatoms. The molecule has 0 rings (SSSR count). The van der Waals surface area contributed by atoms with Gasteiger partial charge in [-0.15, -0.1) is 0 Å². The summed E-state index contributed by atoms with van der Waals surface area (Å²) in [5.41, 5.74) is 0. The van der Waals surface area contributed by atoms with Crippen LogP contribution in [0.15, 0.2) is 0 Å². The van der Waals surface area contributed by atoms with Gasteiger partial charge in [0.05, 0.1) is 36.3 Å². The molecule has 0 fully saturated rings. The summed E-state index contributed by atoms with van der Waals surface area (Å²) in [4.78, 5) is 0. The average Bonchev–Trinajstić information content (AvgIpc) is 2.32. The van der Waals surface area contributed by atoms with Gasteiger partial charge in [-0.2, -0.15) is 0 Å². The van der Waals surface area contributed by atoms with Gasteiger partial charge in [0.25, 0.3) is 0 Å². The molecular weight excluding hydrogens is 254 g/mol. The fourth-order valence-corrected chi connectivity index (χ4v) is 2.29. The fraction of sp³-hybridized carbons (Fsp3) is 1.00. The zero-order valence-electron chi connectivity index (χ0n) is 12.2. The molecule has 18 heavy (non-hydrogen) atoms. The molecule has 0 aliphatic rings. The van der Waals surface area contributed by atoms with Gasteiger partial charge in [0, 0.05) is 12.4 Å². The largest absolute Gasteiger partial charge is 0.748 e. The number of unbranched alkanes of at least 4 members (excludes halogenated alkanes) is 1. The van der Waals surface area contributed by atoms with E-state index in [1.807, 2.05) is 0 Å². The van der Waals surface area contributed by atoms with Gasteiger partial charge in [-0.25, -0.2) is 8.42 Å². The summed E-state index contributed by atoms with van der Waals surface area (Å²) in [5.74, 6) is -0.367. The van der Waals surface area contributed by atoms with Crippen LogP contribution in [-0.4, -0.2) is 61.1 Å². The van der Waals surface area contributed by atoms with Gasteiger partial charge in [-0.3, -0.25) is 0 Å². The first kappa shape index (κ1) is 20.2. The maximum Gasteiger partial charge on any atom is 0.0945 e. The molecule has 0 aromatic carbocycles. The fourth-order valence-electron chi connectivity index (χ4n) is 1.73. The van der Waals surface area contributed by atoms with Crippen LogP contribution < -0.4 is 0 Å². The first-order chi connectivity index (χ1) is 8.30. The van der Waals surface area contributed by atoms with Gasteiger partial charge >= 0.3 is 0 Å². The number of nitrogens with zero attached hydrogens (tertiary/aromatic N) is 1. The van der Waals surface area contributed by atoms with E-state index >= 15 is 0 Å². The topological polar surface area (TPSA) is 77.4 Å². The Labute approximate surface area is 112 Å². The van der Waals surface area contributed by atoms with E-state index in [1.54, 1.807) is 0 Å². The molecule has 0 aromatic rings. The lowest BCUT2D eigenvalue weighted by Crippen LogP contribution is -2.47. The Bertz CT molecular complexity index is 256. The summed E-state index contributed by atoms with van der Waals surface area (Å²) >= 11 is 0. The SMILES string of the molecule is CC[N+](CC)(CC)CC.O=S(=O)([O-])CCCCO. The van der Waals surface area contributed by atoms with Crippen LogP contribution in [0.3, 0.4) is 0 Å². The molecule has 0 unspecified atom stereocenters. The second-order valence-corrected chi connectivity index (χ2v) is 5.82. The van der Waals surface area contributed by atoms with Crippen molar-refractivity contribution >= 4 is 10.1 Å². The van der Waals surface area contributed by atoms with E-state index in [4.69, 9.17) is 5.11 Å². The number of quaternary nitrogens is 1. The molecule has 112 valence electrons. The molecule has 0 saturated carbocycles. The highest BCUT2D eigenvalue weighted by molar-refractivity contribution is 7.85. The Hall–Kier alpha value is -0.170. The summed E-state index contributed by atoms with van der Waals surface area (Å²) in [7, 11) is -4.06. The smallest absolute Gasteiger partial charge is 0.0945 e. The summed E-state index contributed by atoms with van der Waals surface area (Å²) in [5, 5.41) is 8.17. The number of aliphatic hydroxyl groups is 1. The van der Waals surface area contributed by atoms with Crippen LogP contribution in [-0.2, 0) is 10.1 Å². The molecule has 0 saturated heterocycles. The van der Waals surface area contributed by atoms with Crippen LogP contribution in [0, 0.1) is 0 Å². The number of aliphatic hydroxyl groups excluding tert-OH is 1. The normalized spacial score (nSPS) is 11.9. The van der Waals surface area contributed by atoms with Crippen molar-refractivity contribution in [1.82, 2.24) is 0 Å². The van der Waals surface area contributed by atoms with Crippen molar-refractivity contribution in [3.05, 3.63) is 0 Å². The monoisotopic (exact) mass is 283 g/mol. The van der Waals surface area contributed by atoms with Crippen molar-refractivity contribution in [2.45, 2.75) is 40.5 Å². The molecule has 0 amide bonds. The lowest BCUT2D eigenvalue weighted by Gasteiger charge is -2.34. The van der Waals surface area contributed by atoms with Gasteiger partial charge in [0.1, 0.15) is 0 Å². The van der Waals surface area contributed by atoms with Gasteiger partial charge < -0.3 is 14.1 Å². The molecule has 0 radical (unpaired) electrons. The Balaban J connectivity index is 0. The Morgan fingerprint density at radius 1 is 0.944 bits per heavy atom. The third kappa shape index (κ3) is 11.0. The van der Waals surface area contributed by atoms with Crippen molar-refractivity contribution in [1.29, 1.82) is 0 Å². The molecular formula is C12H29NO4S. The summed E-state index contributed by atoms with van der Waals surface area (Å²) in [6.45, 7) is 14.2. The summed E-state index contributed by atoms with van der Waals surface area (Å²) in [6.07, 6.45) is 0.629. The highest BCUT2D eigenvalue weighted by Crippen LogP contribution is 2.03. The Kier molecular flexibility index (Phi) is 12.0. The van der Waals surface area contributed by atoms with Crippen LogP contribution in [0.2, 0.25) is 0 Å². The van der Waals surface area contributed by atoms with Crippen molar-refractivity contribution in [3.8, 4) is 0 Å². The third-order valence-corrected chi connectivity index (χ3v) is 4.27. The number of hydrogen-bond donors (Lipinski definition) is 1. The first-order valence-corrected chi connectivity index (χ1v) is 8.28. The van der Waals surface area contributed by atoms with Gasteiger partial charge in [-0.1, -0.05) is 0 Å². The van der Waals surface area contributed by atoms with E-state index in [9.17, 15) is 13.0 Å². The molecule has 0 bridgehead atoms. The predicted molar refractivity (Wildman–Crippen MR) is 73.3 cm³/mol. The maximum atomic E-state index is 9.87. The minimum Gasteiger partial charge on any atom is -0.748 e. The second kappa shape index (κ2) is 10.7. The van der Waals surface area contributed by atoms with Crippen molar-refractivity contribution < 1.29 is 22.6 Å². The number of hydrogen-bond acceptors (Lipinski definition) is 4. The maximum absolute atomic E-state index is 9.87. The molecule has 0 aromatic heterocycles. The van der Waals surface area contributed by atoms with Crippen molar-refractivity contribution in [2.24, 2.45) is 0 Å². The highest BCUT2D eigenvalue weighted by atomic mass is 32.2. The van der Waals surface area contributed by atoms with E-state index in [1.165, 1.54) is 30.7 Å². The van der Waals surface area contributed by atoms with E-state index in [0.717, 1.165) is 0 Å². The van der Waals surface area contributed by atoms with E-state index in [2.05, 4.69) is 27.7 Å². The molecule has 0 atom stereocenters. The molecule has 0 spiro atoms. The van der Waals surface area contributed by atoms with Gasteiger partial charge in [0.2, 0.25) is 0 Å². The standard InChI is InChI=1S/C8H20N.C4H10O4S/c1-5-9(6-2,7-3)8-4;5-3-1-2-4-9(6,7)8/h5-8H2,1-4H3;5H,1-4H2,(H,6,7,8)/q+1;/p-1. The van der Waals surface area contributed by atoms with Crippen LogP contribution >= 0.6 is 0 Å². The molecule has 0 heterocycles. The van der Waals surface area contributed by atoms with Crippen LogP contribution in [0.1, 0.15) is 40.5 Å². The first-order valence-electron chi connectivity index (χ1n) is 6.70. The lowest BCUT2D eigenvalue weighted by molar-refractivity contribution is -0.921. The quantitative estimate of drug-likeness (QED) is 0.412. The molecule has 1 N–H and O–H groups in total. The predicted octanol–water partition coefficient (Wildman–Crippen LogP) is 1.19. The Morgan fingerprint density at radius 2 is 1.33 bits per heavy atom. The van der Waals surface area contributed by atoms with Crippen LogP contribution in [0.5, 0.6) is 0 Å². The lowest BCUT2D eigenvalue weighted by atomic mass is 10.3. The minimum absolute atomic E-state index is 0.0600. The highest BCUT2D eigenvalue weighted by Gasteiger charge is 2.16. The van der Waals surface area contributed by atoms with E-state index < -0.39 is 10.1 Å². The zero-order chi connectivity index (χ0) is 14.7. The van der Waals surface area contributed by atoms with E-state index in [0.29, 0.717) is 6.42 Å². The summed E-state index contributed by atoms with van der Waals surface area (Å²) < 4.78 is 30.9. The average molecular weight is 283 g/mol. The van der Waals surface area contributed by atoms with Crippen molar-refractivity contribution in [3.63, 3.8) is 0 Å². The zero-order valence-corrected chi connectivity index (χ0v) is 13.0. The summed E-state index contributed by atoms with van der Waals surface area (Å²) in [6, 6.07) is 0. The number of rotatable bonds is 8. The van der Waals surface area contributed by atoms with Gasteiger partial charge in [0.15, 0.2) is 0 Å². The second-order valence-electron chi connectivity index (χ2n) is 4.30. The third-order valence-electron chi connectivity index (χ3n) is 3.49. The molecule has 0 aliphatic carbocycles. The molecule has 0 aliphatic heterocycles. The minimum atomic E-state index is -4.06. The van der Waals surface area contributed by atoms with Crippen LogP contribution in [0.25, 0.3) is 0 Å². The van der Waals surface area contributed by atoms with Crippen molar-refractivity contribution in [2.75, 3.05) is 38.5 Å². The van der Waals surface area contributed by atoms with E-state index in [-0.39, 0.29) is 18.8 Å².